The van der Waals surface area contributed by atoms with Crippen LogP contribution >= 0.6 is 0 Å². The lowest BCUT2D eigenvalue weighted by Gasteiger charge is -2.16. The van der Waals surface area contributed by atoms with E-state index in [1.165, 1.54) is 21.5 Å². The SMILES string of the molecule is c1ccc(-c2nc(-c3ccc(-c4ncccn4)cc3)cc(-c3cc(-n4c5ccccc5c5ccccc54)cc(-n4c5ccccc5c5ccccc54)c3)n2)cc1. The van der Waals surface area contributed by atoms with Gasteiger partial charge in [-0.25, -0.2) is 19.9 Å². The number of fused-ring (bicyclic) bond motifs is 6. The van der Waals surface area contributed by atoms with E-state index in [-0.39, 0.29) is 0 Å². The van der Waals surface area contributed by atoms with Gasteiger partial charge in [-0.15, -0.1) is 0 Å². The summed E-state index contributed by atoms with van der Waals surface area (Å²) in [5.41, 5.74) is 12.2. The molecule has 6 nitrogen and oxygen atoms in total. The highest BCUT2D eigenvalue weighted by atomic mass is 15.0. The number of rotatable bonds is 6. The van der Waals surface area contributed by atoms with Crippen molar-refractivity contribution in [2.75, 3.05) is 0 Å². The first-order valence-corrected chi connectivity index (χ1v) is 18.7. The van der Waals surface area contributed by atoms with Crippen LogP contribution < -0.4 is 0 Å². The van der Waals surface area contributed by atoms with Crippen molar-refractivity contribution in [3.8, 4) is 56.7 Å². The quantitative estimate of drug-likeness (QED) is 0.172. The molecular formula is C50H32N6. The molecule has 0 saturated carbocycles. The molecule has 0 radical (unpaired) electrons. The highest BCUT2D eigenvalue weighted by Crippen LogP contribution is 2.38. The van der Waals surface area contributed by atoms with E-state index in [9.17, 15) is 0 Å². The molecular weight excluding hydrogens is 685 g/mol. The number of benzene rings is 7. The number of hydrogen-bond acceptors (Lipinski definition) is 4. The fourth-order valence-corrected chi connectivity index (χ4v) is 8.10. The standard InChI is InChI=1S/C50H32N6/c1-2-13-34(14-3-1)50-53-43(33-23-25-35(26-24-33)49-51-27-12-28-52-49)32-44(54-50)36-29-37(55-45-19-8-4-15-39(45)40-16-5-9-20-46(40)55)31-38(30-36)56-47-21-10-6-17-41(47)42-18-7-11-22-48(42)56/h1-32H. The first-order valence-electron chi connectivity index (χ1n) is 18.7. The van der Waals surface area contributed by atoms with Crippen LogP contribution in [-0.2, 0) is 0 Å². The van der Waals surface area contributed by atoms with Gasteiger partial charge in [-0.05, 0) is 54.6 Å². The van der Waals surface area contributed by atoms with Crippen LogP contribution in [0.25, 0.3) is 100 Å². The van der Waals surface area contributed by atoms with Crippen molar-refractivity contribution in [1.82, 2.24) is 29.1 Å². The highest BCUT2D eigenvalue weighted by molar-refractivity contribution is 6.10. The smallest absolute Gasteiger partial charge is 0.160 e. The lowest BCUT2D eigenvalue weighted by molar-refractivity contribution is 1.13. The largest absolute Gasteiger partial charge is 0.309 e. The van der Waals surface area contributed by atoms with E-state index in [4.69, 9.17) is 9.97 Å². The molecule has 0 atom stereocenters. The summed E-state index contributed by atoms with van der Waals surface area (Å²) < 4.78 is 4.77. The second kappa shape index (κ2) is 13.0. The van der Waals surface area contributed by atoms with Gasteiger partial charge in [0.15, 0.2) is 11.6 Å². The Bertz CT molecular complexity index is 3000. The van der Waals surface area contributed by atoms with Crippen molar-refractivity contribution in [3.63, 3.8) is 0 Å². The summed E-state index contributed by atoms with van der Waals surface area (Å²) in [6.45, 7) is 0. The van der Waals surface area contributed by atoms with Crippen molar-refractivity contribution in [2.45, 2.75) is 0 Å². The van der Waals surface area contributed by atoms with E-state index in [2.05, 4.69) is 177 Å². The molecule has 0 aliphatic heterocycles. The summed E-state index contributed by atoms with van der Waals surface area (Å²) >= 11 is 0. The first-order chi connectivity index (χ1) is 27.8. The van der Waals surface area contributed by atoms with Gasteiger partial charge in [0.1, 0.15) is 0 Å². The van der Waals surface area contributed by atoms with Crippen molar-refractivity contribution in [1.29, 1.82) is 0 Å². The van der Waals surface area contributed by atoms with Crippen LogP contribution in [0.1, 0.15) is 0 Å². The third-order valence-electron chi connectivity index (χ3n) is 10.6. The van der Waals surface area contributed by atoms with Crippen LogP contribution in [0, 0.1) is 0 Å². The van der Waals surface area contributed by atoms with E-state index in [0.29, 0.717) is 11.6 Å². The van der Waals surface area contributed by atoms with Crippen LogP contribution in [0.4, 0.5) is 0 Å². The Labute approximate surface area is 322 Å². The van der Waals surface area contributed by atoms with Crippen molar-refractivity contribution < 1.29 is 0 Å². The summed E-state index contributed by atoms with van der Waals surface area (Å²) in [5.74, 6) is 1.35. The van der Waals surface area contributed by atoms with Crippen LogP contribution in [0.3, 0.4) is 0 Å². The zero-order valence-corrected chi connectivity index (χ0v) is 30.2. The molecule has 0 aliphatic rings. The zero-order chi connectivity index (χ0) is 37.0. The summed E-state index contributed by atoms with van der Waals surface area (Å²) in [7, 11) is 0. The second-order valence-corrected chi connectivity index (χ2v) is 14.0. The topological polar surface area (TPSA) is 61.4 Å². The molecule has 0 saturated heterocycles. The average molecular weight is 717 g/mol. The van der Waals surface area contributed by atoms with Gasteiger partial charge in [0.25, 0.3) is 0 Å². The van der Waals surface area contributed by atoms with Gasteiger partial charge in [-0.3, -0.25) is 0 Å². The van der Waals surface area contributed by atoms with Crippen LogP contribution in [-0.4, -0.2) is 29.1 Å². The fourth-order valence-electron chi connectivity index (χ4n) is 8.10. The molecule has 262 valence electrons. The Morgan fingerprint density at radius 3 is 1.21 bits per heavy atom. The van der Waals surface area contributed by atoms with E-state index in [0.717, 1.165) is 67.1 Å². The summed E-state index contributed by atoms with van der Waals surface area (Å²) in [6, 6.07) is 63.9. The lowest BCUT2D eigenvalue weighted by Crippen LogP contribution is -2.01. The molecule has 0 amide bonds. The average Bonchev–Trinajstić information content (AvgIpc) is 3.80. The second-order valence-electron chi connectivity index (χ2n) is 14.0. The van der Waals surface area contributed by atoms with E-state index in [1.54, 1.807) is 12.4 Å². The molecule has 0 fully saturated rings. The molecule has 0 aliphatic carbocycles. The Kier molecular flexibility index (Phi) is 7.38. The predicted molar refractivity (Wildman–Crippen MR) is 228 cm³/mol. The van der Waals surface area contributed by atoms with E-state index >= 15 is 0 Å². The monoisotopic (exact) mass is 716 g/mol. The number of nitrogens with zero attached hydrogens (tertiary/aromatic N) is 6. The van der Waals surface area contributed by atoms with Crippen LogP contribution in [0.5, 0.6) is 0 Å². The van der Waals surface area contributed by atoms with Gasteiger partial charge in [0.2, 0.25) is 0 Å². The molecule has 0 N–H and O–H groups in total. The van der Waals surface area contributed by atoms with Crippen molar-refractivity contribution in [2.24, 2.45) is 0 Å². The normalized spacial score (nSPS) is 11.6. The molecule has 4 aromatic heterocycles. The van der Waals surface area contributed by atoms with Gasteiger partial charge in [0, 0.05) is 67.6 Å². The van der Waals surface area contributed by atoms with Crippen molar-refractivity contribution >= 4 is 43.6 Å². The Morgan fingerprint density at radius 2 is 0.714 bits per heavy atom. The molecule has 0 unspecified atom stereocenters. The first kappa shape index (κ1) is 31.8. The summed E-state index contributed by atoms with van der Waals surface area (Å²) in [6.07, 6.45) is 3.53. The van der Waals surface area contributed by atoms with Crippen LogP contribution in [0.15, 0.2) is 194 Å². The number of hydrogen-bond donors (Lipinski definition) is 0. The minimum Gasteiger partial charge on any atom is -0.309 e. The molecule has 4 heterocycles. The Hall–Kier alpha value is -7.70. The molecule has 6 heteroatoms. The maximum Gasteiger partial charge on any atom is 0.160 e. The third kappa shape index (κ3) is 5.27. The maximum atomic E-state index is 5.31. The minimum atomic E-state index is 0.661. The Morgan fingerprint density at radius 1 is 0.304 bits per heavy atom. The lowest BCUT2D eigenvalue weighted by atomic mass is 10.0. The third-order valence-corrected chi connectivity index (χ3v) is 10.6. The van der Waals surface area contributed by atoms with Gasteiger partial charge in [0.05, 0.1) is 33.5 Å². The molecule has 56 heavy (non-hydrogen) atoms. The molecule has 11 aromatic rings. The van der Waals surface area contributed by atoms with Crippen LogP contribution in [0.2, 0.25) is 0 Å². The van der Waals surface area contributed by atoms with E-state index < -0.39 is 0 Å². The summed E-state index contributed by atoms with van der Waals surface area (Å²) in [4.78, 5) is 19.4. The number of para-hydroxylation sites is 4. The van der Waals surface area contributed by atoms with Gasteiger partial charge in [-0.1, -0.05) is 127 Å². The predicted octanol–water partition coefficient (Wildman–Crippen LogP) is 12.1. The number of aromatic nitrogens is 6. The fraction of sp³-hybridized carbons (Fsp3) is 0. The maximum absolute atomic E-state index is 5.31. The molecule has 7 aromatic carbocycles. The Balaban J connectivity index is 1.19. The zero-order valence-electron chi connectivity index (χ0n) is 30.2. The van der Waals surface area contributed by atoms with E-state index in [1.807, 2.05) is 24.3 Å². The summed E-state index contributed by atoms with van der Waals surface area (Å²) in [5, 5.41) is 4.86. The van der Waals surface area contributed by atoms with Gasteiger partial charge < -0.3 is 9.13 Å². The molecule has 11 rings (SSSR count). The van der Waals surface area contributed by atoms with Gasteiger partial charge in [-0.2, -0.15) is 0 Å². The molecule has 0 spiro atoms. The highest BCUT2D eigenvalue weighted by Gasteiger charge is 2.19. The van der Waals surface area contributed by atoms with Crippen molar-refractivity contribution in [3.05, 3.63) is 194 Å². The minimum absolute atomic E-state index is 0.661. The molecule has 0 bridgehead atoms. The van der Waals surface area contributed by atoms with Gasteiger partial charge >= 0.3 is 0 Å².